The topological polar surface area (TPSA) is 133 Å². The summed E-state index contributed by atoms with van der Waals surface area (Å²) in [5.41, 5.74) is -2.38. The summed E-state index contributed by atoms with van der Waals surface area (Å²) in [5, 5.41) is 9.24. The Morgan fingerprint density at radius 2 is 1.91 bits per heavy atom. The predicted octanol–water partition coefficient (Wildman–Crippen LogP) is 4.28. The lowest BCUT2D eigenvalue weighted by Gasteiger charge is -2.33. The Hall–Kier alpha value is -4.02. The molecule has 1 aliphatic heterocycles. The van der Waals surface area contributed by atoms with Gasteiger partial charge in [-0.2, -0.15) is 5.26 Å². The van der Waals surface area contributed by atoms with E-state index in [1.54, 1.807) is 32.6 Å². The van der Waals surface area contributed by atoms with Crippen LogP contribution in [0.2, 0.25) is 0 Å². The van der Waals surface area contributed by atoms with E-state index in [1.807, 2.05) is 6.07 Å². The largest absolute Gasteiger partial charge is 0.496 e. The smallest absolute Gasteiger partial charge is 0.348 e. The number of ether oxygens (including phenoxy) is 3. The van der Waals surface area contributed by atoms with Crippen LogP contribution in [0.3, 0.4) is 0 Å². The summed E-state index contributed by atoms with van der Waals surface area (Å²) >= 11 is 0.933. The van der Waals surface area contributed by atoms with Crippen LogP contribution in [-0.2, 0) is 26.4 Å². The number of rotatable bonds is 12. The van der Waals surface area contributed by atoms with Crippen molar-refractivity contribution in [1.29, 1.82) is 5.26 Å². The molecular formula is C31H37FN4O7S. The van der Waals surface area contributed by atoms with Crippen molar-refractivity contribution in [3.05, 3.63) is 60.9 Å². The Morgan fingerprint density at radius 3 is 2.52 bits per heavy atom. The van der Waals surface area contributed by atoms with Gasteiger partial charge in [0.15, 0.2) is 0 Å². The van der Waals surface area contributed by atoms with Gasteiger partial charge in [0.05, 0.1) is 44.7 Å². The van der Waals surface area contributed by atoms with Gasteiger partial charge >= 0.3 is 11.7 Å². The van der Waals surface area contributed by atoms with E-state index >= 15 is 0 Å². The quantitative estimate of drug-likeness (QED) is 0.215. The molecule has 1 aliphatic rings. The molecule has 11 nitrogen and oxygen atoms in total. The van der Waals surface area contributed by atoms with Crippen LogP contribution in [-0.4, -0.2) is 59.3 Å². The number of carbonyl (C=O) groups is 2. The lowest BCUT2D eigenvalue weighted by molar-refractivity contribution is -0.139. The summed E-state index contributed by atoms with van der Waals surface area (Å²) in [6.45, 7) is 7.48. The number of aromatic nitrogens is 2. The number of carbonyl (C=O) groups excluding carboxylic acids is 2. The molecule has 0 unspecified atom stereocenters. The number of fused-ring (bicyclic) bond motifs is 1. The zero-order chi connectivity index (χ0) is 32.2. The predicted molar refractivity (Wildman–Crippen MR) is 163 cm³/mol. The molecule has 1 amide bonds. The van der Waals surface area contributed by atoms with Gasteiger partial charge in [-0.1, -0.05) is 6.92 Å². The van der Waals surface area contributed by atoms with Crippen LogP contribution in [0, 0.1) is 24.1 Å². The summed E-state index contributed by atoms with van der Waals surface area (Å²) in [6, 6.07) is 5.89. The highest BCUT2D eigenvalue weighted by Crippen LogP contribution is 2.34. The first-order valence-electron chi connectivity index (χ1n) is 14.6. The summed E-state index contributed by atoms with van der Waals surface area (Å²) in [7, 11) is 1.42. The second-order valence-electron chi connectivity index (χ2n) is 10.8. The Labute approximate surface area is 258 Å². The van der Waals surface area contributed by atoms with E-state index < -0.39 is 34.7 Å². The number of hydrogen-bond donors (Lipinski definition) is 0. The van der Waals surface area contributed by atoms with Gasteiger partial charge in [0.1, 0.15) is 32.9 Å². The highest BCUT2D eigenvalue weighted by molar-refractivity contribution is 7.20. The molecule has 2 aromatic heterocycles. The molecule has 3 heterocycles. The van der Waals surface area contributed by atoms with Crippen molar-refractivity contribution in [2.24, 2.45) is 0 Å². The van der Waals surface area contributed by atoms with E-state index in [0.717, 1.165) is 28.7 Å². The minimum Gasteiger partial charge on any atom is -0.496 e. The van der Waals surface area contributed by atoms with Crippen LogP contribution in [0.15, 0.2) is 27.8 Å². The second-order valence-corrected chi connectivity index (χ2v) is 11.8. The fraction of sp³-hybridized carbons (Fsp3) is 0.516. The van der Waals surface area contributed by atoms with Gasteiger partial charge in [-0.3, -0.25) is 14.2 Å². The molecule has 0 aliphatic carbocycles. The molecule has 1 saturated heterocycles. The van der Waals surface area contributed by atoms with Crippen molar-refractivity contribution in [3.8, 4) is 11.8 Å². The van der Waals surface area contributed by atoms with Gasteiger partial charge in [-0.05, 0) is 63.8 Å². The number of hydrogen-bond acceptors (Lipinski definition) is 9. The summed E-state index contributed by atoms with van der Waals surface area (Å²) in [4.78, 5) is 57.6. The van der Waals surface area contributed by atoms with Crippen LogP contribution in [0.25, 0.3) is 10.2 Å². The van der Waals surface area contributed by atoms with E-state index in [2.05, 4.69) is 0 Å². The lowest BCUT2D eigenvalue weighted by atomic mass is 9.96. The third-order valence-electron chi connectivity index (χ3n) is 8.13. The lowest BCUT2D eigenvalue weighted by Crippen LogP contribution is -2.57. The molecule has 13 heteroatoms. The van der Waals surface area contributed by atoms with Crippen molar-refractivity contribution in [3.63, 3.8) is 0 Å². The number of amides is 1. The normalized spacial score (nSPS) is 15.2. The Kier molecular flexibility index (Phi) is 10.3. The molecule has 0 radical (unpaired) electrons. The zero-order valence-corrected chi connectivity index (χ0v) is 26.4. The molecule has 44 heavy (non-hydrogen) atoms. The Bertz CT molecular complexity index is 1720. The Balaban J connectivity index is 2.03. The number of benzene rings is 1. The van der Waals surface area contributed by atoms with E-state index in [1.165, 1.54) is 29.9 Å². The summed E-state index contributed by atoms with van der Waals surface area (Å²) < 4.78 is 33.5. The third-order valence-corrected chi connectivity index (χ3v) is 9.42. The van der Waals surface area contributed by atoms with Crippen molar-refractivity contribution in [1.82, 2.24) is 14.0 Å². The SMILES string of the molecule is CCOC(=O)c1sc2c(c1C)c(=O)n([C@@](C)(CC)C(=O)N1CCCC1)c(=O)n2C[C@H](OCCC#N)c1cc(F)ccc1OC. The van der Waals surface area contributed by atoms with Gasteiger partial charge in [-0.15, -0.1) is 11.3 Å². The number of likely N-dealkylation sites (tertiary alicyclic amines) is 1. The maximum atomic E-state index is 14.5. The number of nitrogens with zero attached hydrogens (tertiary/aromatic N) is 4. The van der Waals surface area contributed by atoms with Crippen LogP contribution in [0.1, 0.15) is 73.4 Å². The molecule has 1 aromatic carbocycles. The van der Waals surface area contributed by atoms with E-state index in [0.29, 0.717) is 24.4 Å². The highest BCUT2D eigenvalue weighted by Gasteiger charge is 2.42. The standard InChI is InChI=1S/C31H37FN4O7S/c1-6-31(4,29(39)34-14-8-9-15-34)36-26(37)24-19(3)25(28(38)42-7-2)44-27(24)35(30(36)40)18-23(43-16-10-13-33)21-17-20(32)11-12-22(21)41-5/h11-12,17,23H,6-10,14-16,18H2,1-5H3/t23-,31-/m0/s1. The zero-order valence-electron chi connectivity index (χ0n) is 25.6. The van der Waals surface area contributed by atoms with Gasteiger partial charge in [0.2, 0.25) is 5.91 Å². The third kappa shape index (κ3) is 6.01. The molecule has 4 rings (SSSR count). The number of methoxy groups -OCH3 is 1. The van der Waals surface area contributed by atoms with Gasteiger partial charge in [0.25, 0.3) is 5.56 Å². The molecule has 2 atom stereocenters. The average molecular weight is 629 g/mol. The number of halogens is 1. The highest BCUT2D eigenvalue weighted by atomic mass is 32.1. The first-order valence-corrected chi connectivity index (χ1v) is 15.4. The van der Waals surface area contributed by atoms with E-state index in [4.69, 9.17) is 19.5 Å². The minimum atomic E-state index is -1.53. The number of thiophene rings is 1. The van der Waals surface area contributed by atoms with Gasteiger partial charge in [-0.25, -0.2) is 18.5 Å². The maximum Gasteiger partial charge on any atom is 0.348 e. The number of aryl methyl sites for hydroxylation is 1. The van der Waals surface area contributed by atoms with Crippen molar-refractivity contribution < 1.29 is 28.2 Å². The monoisotopic (exact) mass is 628 g/mol. The van der Waals surface area contributed by atoms with Crippen molar-refractivity contribution >= 4 is 33.4 Å². The molecular weight excluding hydrogens is 591 g/mol. The molecule has 0 spiro atoms. The first kappa shape index (κ1) is 32.9. The number of esters is 1. The molecule has 1 fully saturated rings. The fourth-order valence-electron chi connectivity index (χ4n) is 5.61. The maximum absolute atomic E-state index is 14.5. The van der Waals surface area contributed by atoms with Crippen molar-refractivity contribution in [2.75, 3.05) is 33.4 Å². The molecule has 236 valence electrons. The molecule has 0 N–H and O–H groups in total. The minimum absolute atomic E-state index is 0.0291. The summed E-state index contributed by atoms with van der Waals surface area (Å²) in [5.74, 6) is -1.25. The summed E-state index contributed by atoms with van der Waals surface area (Å²) in [6.07, 6.45) is 0.829. The molecule has 3 aromatic rings. The van der Waals surface area contributed by atoms with Gasteiger partial charge < -0.3 is 19.1 Å². The molecule has 0 bridgehead atoms. The first-order chi connectivity index (χ1) is 21.0. The second kappa shape index (κ2) is 13.7. The van der Waals surface area contributed by atoms with Crippen LogP contribution in [0.4, 0.5) is 4.39 Å². The van der Waals surface area contributed by atoms with Crippen LogP contribution < -0.4 is 16.0 Å². The fourth-order valence-corrected chi connectivity index (χ4v) is 6.81. The average Bonchev–Trinajstić information content (AvgIpc) is 3.66. The number of nitriles is 1. The van der Waals surface area contributed by atoms with E-state index in [-0.39, 0.29) is 59.2 Å². The van der Waals surface area contributed by atoms with Crippen LogP contribution >= 0.6 is 11.3 Å². The molecule has 0 saturated carbocycles. The Morgan fingerprint density at radius 1 is 1.20 bits per heavy atom. The van der Waals surface area contributed by atoms with E-state index in [9.17, 15) is 23.6 Å². The van der Waals surface area contributed by atoms with Crippen LogP contribution in [0.5, 0.6) is 5.75 Å². The van der Waals surface area contributed by atoms with Gasteiger partial charge in [0, 0.05) is 18.7 Å². The van der Waals surface area contributed by atoms with Crippen molar-refractivity contribution in [2.45, 2.75) is 71.6 Å².